The Morgan fingerprint density at radius 2 is 2.09 bits per heavy atom. The second-order valence-electron chi connectivity index (χ2n) is 9.74. The average molecular weight is 479 g/mol. The van der Waals surface area contributed by atoms with Gasteiger partial charge in [0.15, 0.2) is 11.6 Å². The maximum absolute atomic E-state index is 13.7. The van der Waals surface area contributed by atoms with Crippen LogP contribution < -0.4 is 15.0 Å². The highest BCUT2D eigenvalue weighted by Gasteiger charge is 2.54. The molecule has 6 rings (SSSR count). The molecule has 8 nitrogen and oxygen atoms in total. The van der Waals surface area contributed by atoms with E-state index in [0.29, 0.717) is 11.6 Å². The van der Waals surface area contributed by atoms with E-state index >= 15 is 0 Å². The molecule has 2 aliphatic heterocycles. The van der Waals surface area contributed by atoms with E-state index in [1.807, 2.05) is 0 Å². The van der Waals surface area contributed by atoms with Crippen molar-refractivity contribution in [3.05, 3.63) is 65.1 Å². The molecule has 0 unspecified atom stereocenters. The summed E-state index contributed by atoms with van der Waals surface area (Å²) in [5.74, 6) is 1.11. The summed E-state index contributed by atoms with van der Waals surface area (Å²) in [6.45, 7) is 3.60. The van der Waals surface area contributed by atoms with Gasteiger partial charge in [-0.15, -0.1) is 0 Å². The first-order chi connectivity index (χ1) is 17.0. The zero-order valence-corrected chi connectivity index (χ0v) is 19.6. The maximum Gasteiger partial charge on any atom is 0.341 e. The van der Waals surface area contributed by atoms with Crippen molar-refractivity contribution < 1.29 is 23.4 Å². The summed E-state index contributed by atoms with van der Waals surface area (Å²) < 4.78 is 30.9. The number of rotatable bonds is 6. The van der Waals surface area contributed by atoms with Gasteiger partial charge in [0.05, 0.1) is 13.3 Å². The standard InChI is InChI=1S/C26H27FN4O4/c1-33-25(32)19-7-17(27)5-6-22(19)35-23-12-29-15-30-24(23)31-13-26(14-31)8-18(9-26)34-21-4-2-3-16-10-28-11-20(16)21/h4-7,12,15,18,28H,2-3,8-11,13-14H2,1H3. The molecule has 0 bridgehead atoms. The highest BCUT2D eigenvalue weighted by molar-refractivity contribution is 5.92. The molecule has 1 N–H and O–H groups in total. The van der Waals surface area contributed by atoms with Crippen molar-refractivity contribution in [2.75, 3.05) is 38.2 Å². The lowest BCUT2D eigenvalue weighted by Crippen LogP contribution is -2.64. The molecular formula is C26H27FN4O4. The van der Waals surface area contributed by atoms with Crippen LogP contribution in [0.5, 0.6) is 11.5 Å². The molecule has 1 saturated heterocycles. The Kier molecular flexibility index (Phi) is 5.44. The zero-order valence-electron chi connectivity index (χ0n) is 19.6. The monoisotopic (exact) mass is 478 g/mol. The van der Waals surface area contributed by atoms with Crippen molar-refractivity contribution in [3.63, 3.8) is 0 Å². The third kappa shape index (κ3) is 4.03. The number of halogens is 1. The quantitative estimate of drug-likeness (QED) is 0.629. The number of hydrogen-bond donors (Lipinski definition) is 1. The lowest BCUT2D eigenvalue weighted by Gasteiger charge is -2.59. The molecule has 0 atom stereocenters. The van der Waals surface area contributed by atoms with Gasteiger partial charge in [0, 0.05) is 37.2 Å². The molecule has 9 heteroatoms. The number of aromatic nitrogens is 2. The molecule has 1 aromatic carbocycles. The zero-order chi connectivity index (χ0) is 24.0. The third-order valence-corrected chi connectivity index (χ3v) is 7.33. The lowest BCUT2D eigenvalue weighted by molar-refractivity contribution is -0.0654. The normalized spacial score (nSPS) is 20.6. The molecular weight excluding hydrogens is 451 g/mol. The van der Waals surface area contributed by atoms with E-state index in [2.05, 4.69) is 26.3 Å². The number of ether oxygens (including phenoxy) is 3. The second kappa shape index (κ2) is 8.64. The van der Waals surface area contributed by atoms with E-state index in [9.17, 15) is 9.18 Å². The lowest BCUT2D eigenvalue weighted by atomic mass is 9.61. The number of hydrogen-bond acceptors (Lipinski definition) is 8. The van der Waals surface area contributed by atoms with Crippen molar-refractivity contribution in [2.24, 2.45) is 5.41 Å². The van der Waals surface area contributed by atoms with Crippen LogP contribution in [0.4, 0.5) is 10.2 Å². The molecule has 1 spiro atoms. The van der Waals surface area contributed by atoms with E-state index < -0.39 is 11.8 Å². The maximum atomic E-state index is 13.7. The van der Waals surface area contributed by atoms with E-state index in [4.69, 9.17) is 14.2 Å². The SMILES string of the molecule is COC(=O)c1cc(F)ccc1Oc1cncnc1N1CC2(CC(OC3=CCCC4=C3CNC4)C2)C1. The van der Waals surface area contributed by atoms with Gasteiger partial charge in [-0.3, -0.25) is 0 Å². The minimum atomic E-state index is -0.675. The van der Waals surface area contributed by atoms with E-state index in [1.165, 1.54) is 36.7 Å². The van der Waals surface area contributed by atoms with Crippen LogP contribution in [0.3, 0.4) is 0 Å². The Morgan fingerprint density at radius 3 is 2.91 bits per heavy atom. The summed E-state index contributed by atoms with van der Waals surface area (Å²) in [5.41, 5.74) is 3.09. The molecule has 0 amide bonds. The fourth-order valence-corrected chi connectivity index (χ4v) is 5.63. The molecule has 1 saturated carbocycles. The molecule has 4 aliphatic rings. The number of methoxy groups -OCH3 is 1. The summed E-state index contributed by atoms with van der Waals surface area (Å²) in [5, 5.41) is 3.43. The van der Waals surface area contributed by atoms with Gasteiger partial charge in [0.25, 0.3) is 0 Å². The van der Waals surface area contributed by atoms with Crippen LogP contribution in [0.1, 0.15) is 36.0 Å². The number of nitrogens with zero attached hydrogens (tertiary/aromatic N) is 3. The van der Waals surface area contributed by atoms with Crippen molar-refractivity contribution in [2.45, 2.75) is 31.8 Å². The molecule has 3 heterocycles. The Balaban J connectivity index is 1.10. The Hall–Kier alpha value is -3.46. The van der Waals surface area contributed by atoms with Crippen LogP contribution in [-0.4, -0.2) is 55.3 Å². The molecule has 0 radical (unpaired) electrons. The van der Waals surface area contributed by atoms with E-state index in [0.717, 1.165) is 63.7 Å². The fraction of sp³-hybridized carbons (Fsp3) is 0.423. The van der Waals surface area contributed by atoms with Gasteiger partial charge in [0.1, 0.15) is 35.3 Å². The second-order valence-corrected chi connectivity index (χ2v) is 9.74. The smallest absolute Gasteiger partial charge is 0.341 e. The summed E-state index contributed by atoms with van der Waals surface area (Å²) in [6, 6.07) is 3.74. The van der Waals surface area contributed by atoms with Crippen molar-refractivity contribution in [1.29, 1.82) is 0 Å². The predicted octanol–water partition coefficient (Wildman–Crippen LogP) is 3.76. The third-order valence-electron chi connectivity index (χ3n) is 7.33. The average Bonchev–Trinajstić information content (AvgIpc) is 3.31. The van der Waals surface area contributed by atoms with Crippen LogP contribution in [0.15, 0.2) is 53.7 Å². The highest BCUT2D eigenvalue weighted by Crippen LogP contribution is 2.52. The number of anilines is 1. The predicted molar refractivity (Wildman–Crippen MR) is 126 cm³/mol. The van der Waals surface area contributed by atoms with E-state index in [-0.39, 0.29) is 22.8 Å². The summed E-state index contributed by atoms with van der Waals surface area (Å²) in [7, 11) is 1.24. The van der Waals surface area contributed by atoms with Crippen LogP contribution in [-0.2, 0) is 9.47 Å². The summed E-state index contributed by atoms with van der Waals surface area (Å²) >= 11 is 0. The summed E-state index contributed by atoms with van der Waals surface area (Å²) in [4.78, 5) is 22.8. The number of nitrogens with one attached hydrogen (secondary N) is 1. The molecule has 35 heavy (non-hydrogen) atoms. The summed E-state index contributed by atoms with van der Waals surface area (Å²) in [6.07, 6.45) is 9.75. The number of benzene rings is 1. The Bertz CT molecular complexity index is 1230. The first-order valence-electron chi connectivity index (χ1n) is 11.9. The number of esters is 1. The molecule has 2 aliphatic carbocycles. The minimum Gasteiger partial charge on any atom is -0.490 e. The molecule has 2 fully saturated rings. The minimum absolute atomic E-state index is 0.00844. The first-order valence-corrected chi connectivity index (χ1v) is 11.9. The Labute approximate surface area is 202 Å². The number of carbonyl (C=O) groups is 1. The highest BCUT2D eigenvalue weighted by atomic mass is 19.1. The Morgan fingerprint density at radius 1 is 1.23 bits per heavy atom. The fourth-order valence-electron chi connectivity index (χ4n) is 5.63. The first kappa shape index (κ1) is 22.0. The van der Waals surface area contributed by atoms with Gasteiger partial charge in [-0.2, -0.15) is 0 Å². The van der Waals surface area contributed by atoms with Gasteiger partial charge in [0.2, 0.25) is 0 Å². The van der Waals surface area contributed by atoms with Gasteiger partial charge < -0.3 is 24.4 Å². The molecule has 2 aromatic rings. The molecule has 182 valence electrons. The van der Waals surface area contributed by atoms with Crippen molar-refractivity contribution >= 4 is 11.8 Å². The largest absolute Gasteiger partial charge is 0.490 e. The number of allylic oxidation sites excluding steroid dienone is 1. The van der Waals surface area contributed by atoms with Gasteiger partial charge in [-0.1, -0.05) is 0 Å². The molecule has 1 aromatic heterocycles. The van der Waals surface area contributed by atoms with Gasteiger partial charge >= 0.3 is 5.97 Å². The van der Waals surface area contributed by atoms with Crippen molar-refractivity contribution in [1.82, 2.24) is 15.3 Å². The van der Waals surface area contributed by atoms with Crippen LogP contribution >= 0.6 is 0 Å². The van der Waals surface area contributed by atoms with Gasteiger partial charge in [-0.25, -0.2) is 19.2 Å². The van der Waals surface area contributed by atoms with Crippen LogP contribution in [0.2, 0.25) is 0 Å². The van der Waals surface area contributed by atoms with Crippen LogP contribution in [0, 0.1) is 11.2 Å². The van der Waals surface area contributed by atoms with E-state index in [1.54, 1.807) is 6.20 Å². The van der Waals surface area contributed by atoms with Gasteiger partial charge in [-0.05, 0) is 55.5 Å². The number of carbonyl (C=O) groups excluding carboxylic acids is 1. The van der Waals surface area contributed by atoms with Crippen molar-refractivity contribution in [3.8, 4) is 11.5 Å². The topological polar surface area (TPSA) is 85.8 Å². The van der Waals surface area contributed by atoms with Crippen LogP contribution in [0.25, 0.3) is 0 Å².